The van der Waals surface area contributed by atoms with E-state index in [0.717, 1.165) is 6.20 Å². The average molecular weight is 475 g/mol. The lowest BCUT2D eigenvalue weighted by molar-refractivity contribution is -0.115. The summed E-state index contributed by atoms with van der Waals surface area (Å²) in [6.07, 6.45) is 3.71. The second-order valence-corrected chi connectivity index (χ2v) is 8.86. The molecule has 2 aromatic heterocycles. The standard InChI is InChI=1S/C20H16ClFN6O3S/c21-16-4-2-1-3-12(16)5-20(29)26-13-6-17-15(18(7-13)32(23,30)31)11-28(27-17)10-14-8-25-19(22)9-24-14/h1-4,6-9,11H,5,10H2,(H,26,29)(H2,23,30,31). The molecular formula is C20H16ClFN6O3S. The Morgan fingerprint density at radius 1 is 1.19 bits per heavy atom. The van der Waals surface area contributed by atoms with Gasteiger partial charge >= 0.3 is 0 Å². The van der Waals surface area contributed by atoms with Crippen molar-refractivity contribution in [1.82, 2.24) is 19.7 Å². The Labute approximate surface area is 187 Å². The first kappa shape index (κ1) is 21.8. The number of anilines is 1. The van der Waals surface area contributed by atoms with Crippen molar-refractivity contribution in [2.75, 3.05) is 5.32 Å². The molecule has 0 unspecified atom stereocenters. The van der Waals surface area contributed by atoms with E-state index >= 15 is 0 Å². The van der Waals surface area contributed by atoms with Gasteiger partial charge in [0.25, 0.3) is 0 Å². The summed E-state index contributed by atoms with van der Waals surface area (Å²) in [6.45, 7) is 0.125. The maximum atomic E-state index is 13.0. The van der Waals surface area contributed by atoms with E-state index in [9.17, 15) is 17.6 Å². The van der Waals surface area contributed by atoms with E-state index in [1.165, 1.54) is 29.2 Å². The van der Waals surface area contributed by atoms with Crippen LogP contribution in [0, 0.1) is 5.95 Å². The summed E-state index contributed by atoms with van der Waals surface area (Å²) < 4.78 is 38.7. The third kappa shape index (κ3) is 4.90. The minimum Gasteiger partial charge on any atom is -0.326 e. The quantitative estimate of drug-likeness (QED) is 0.441. The molecule has 164 valence electrons. The molecule has 2 aromatic carbocycles. The van der Waals surface area contributed by atoms with E-state index < -0.39 is 16.0 Å². The van der Waals surface area contributed by atoms with Crippen molar-refractivity contribution in [3.8, 4) is 0 Å². The van der Waals surface area contributed by atoms with Gasteiger partial charge in [-0.05, 0) is 23.8 Å². The number of hydrogen-bond acceptors (Lipinski definition) is 6. The third-order valence-electron chi connectivity index (χ3n) is 4.53. The molecule has 0 bridgehead atoms. The van der Waals surface area contributed by atoms with Crippen LogP contribution in [0.1, 0.15) is 11.3 Å². The molecule has 12 heteroatoms. The lowest BCUT2D eigenvalue weighted by atomic mass is 10.1. The lowest BCUT2D eigenvalue weighted by Crippen LogP contribution is -2.16. The molecule has 0 aliphatic rings. The molecule has 4 aromatic rings. The van der Waals surface area contributed by atoms with Gasteiger partial charge in [0.1, 0.15) is 0 Å². The van der Waals surface area contributed by atoms with Gasteiger partial charge in [0, 0.05) is 22.3 Å². The van der Waals surface area contributed by atoms with Crippen LogP contribution in [-0.2, 0) is 27.8 Å². The molecule has 3 N–H and O–H groups in total. The summed E-state index contributed by atoms with van der Waals surface area (Å²) in [4.78, 5) is 19.7. The Kier molecular flexibility index (Phi) is 5.87. The van der Waals surface area contributed by atoms with Gasteiger partial charge in [-0.3, -0.25) is 14.5 Å². The Hall–Kier alpha value is -3.41. The fourth-order valence-corrected chi connectivity index (χ4v) is 4.09. The Morgan fingerprint density at radius 3 is 2.66 bits per heavy atom. The third-order valence-corrected chi connectivity index (χ3v) is 5.85. The fraction of sp³-hybridized carbons (Fsp3) is 0.100. The number of nitrogens with zero attached hydrogens (tertiary/aromatic N) is 4. The van der Waals surface area contributed by atoms with Crippen LogP contribution in [-0.4, -0.2) is 34.1 Å². The molecule has 32 heavy (non-hydrogen) atoms. The van der Waals surface area contributed by atoms with Crippen LogP contribution >= 0.6 is 11.6 Å². The largest absolute Gasteiger partial charge is 0.326 e. The maximum absolute atomic E-state index is 13.0. The minimum atomic E-state index is -4.12. The molecule has 0 atom stereocenters. The number of fused-ring (bicyclic) bond motifs is 1. The molecule has 0 saturated heterocycles. The number of carbonyl (C=O) groups excluding carboxylic acids is 1. The van der Waals surface area contributed by atoms with Crippen molar-refractivity contribution >= 4 is 44.1 Å². The zero-order chi connectivity index (χ0) is 22.9. The first-order valence-electron chi connectivity index (χ1n) is 9.23. The van der Waals surface area contributed by atoms with Crippen LogP contribution in [0.25, 0.3) is 10.9 Å². The van der Waals surface area contributed by atoms with Gasteiger partial charge in [-0.1, -0.05) is 29.8 Å². The zero-order valence-corrected chi connectivity index (χ0v) is 17.9. The number of aromatic nitrogens is 4. The van der Waals surface area contributed by atoms with Crippen molar-refractivity contribution in [3.05, 3.63) is 77.2 Å². The number of nitrogens with two attached hydrogens (primary N) is 1. The highest BCUT2D eigenvalue weighted by atomic mass is 35.5. The highest BCUT2D eigenvalue weighted by Gasteiger charge is 2.18. The van der Waals surface area contributed by atoms with E-state index in [4.69, 9.17) is 16.7 Å². The zero-order valence-electron chi connectivity index (χ0n) is 16.4. The van der Waals surface area contributed by atoms with Crippen molar-refractivity contribution in [1.29, 1.82) is 0 Å². The predicted molar refractivity (Wildman–Crippen MR) is 116 cm³/mol. The summed E-state index contributed by atoms with van der Waals surface area (Å²) in [6, 6.07) is 9.71. The van der Waals surface area contributed by atoms with E-state index in [-0.39, 0.29) is 34.8 Å². The van der Waals surface area contributed by atoms with Crippen molar-refractivity contribution in [3.63, 3.8) is 0 Å². The van der Waals surface area contributed by atoms with Crippen molar-refractivity contribution in [2.24, 2.45) is 5.14 Å². The molecule has 0 saturated carbocycles. The van der Waals surface area contributed by atoms with Crippen LogP contribution in [0.2, 0.25) is 5.02 Å². The van der Waals surface area contributed by atoms with Crippen LogP contribution in [0.3, 0.4) is 0 Å². The number of benzene rings is 2. The summed E-state index contributed by atoms with van der Waals surface area (Å²) in [5.41, 5.74) is 1.55. The number of primary sulfonamides is 1. The van der Waals surface area contributed by atoms with Gasteiger partial charge in [0.15, 0.2) is 0 Å². The number of rotatable bonds is 6. The van der Waals surface area contributed by atoms with Gasteiger partial charge in [-0.2, -0.15) is 9.49 Å². The number of hydrogen-bond donors (Lipinski definition) is 2. The van der Waals surface area contributed by atoms with E-state index in [1.807, 2.05) is 0 Å². The Balaban J connectivity index is 1.65. The van der Waals surface area contributed by atoms with E-state index in [2.05, 4.69) is 20.4 Å². The molecule has 0 radical (unpaired) electrons. The normalized spacial score (nSPS) is 11.6. The number of carbonyl (C=O) groups is 1. The van der Waals surface area contributed by atoms with Crippen LogP contribution in [0.4, 0.5) is 10.1 Å². The number of amides is 1. The summed E-state index contributed by atoms with van der Waals surface area (Å²) >= 11 is 6.09. The second kappa shape index (κ2) is 8.61. The van der Waals surface area contributed by atoms with E-state index in [0.29, 0.717) is 21.8 Å². The van der Waals surface area contributed by atoms with Gasteiger partial charge in [-0.25, -0.2) is 18.5 Å². The molecule has 1 amide bonds. The molecule has 0 spiro atoms. The van der Waals surface area contributed by atoms with Gasteiger partial charge in [0.2, 0.25) is 21.9 Å². The molecule has 0 aliphatic heterocycles. The monoisotopic (exact) mass is 474 g/mol. The smallest absolute Gasteiger partial charge is 0.238 e. The van der Waals surface area contributed by atoms with Crippen molar-refractivity contribution < 1.29 is 17.6 Å². The molecule has 4 rings (SSSR count). The average Bonchev–Trinajstić information content (AvgIpc) is 3.12. The molecule has 2 heterocycles. The predicted octanol–water partition coefficient (Wildman–Crippen LogP) is 2.50. The first-order chi connectivity index (χ1) is 15.2. The lowest BCUT2D eigenvalue weighted by Gasteiger charge is -2.08. The molecule has 9 nitrogen and oxygen atoms in total. The summed E-state index contributed by atoms with van der Waals surface area (Å²) in [5, 5.41) is 13.1. The highest BCUT2D eigenvalue weighted by Crippen LogP contribution is 2.27. The summed E-state index contributed by atoms with van der Waals surface area (Å²) in [5.74, 6) is -1.10. The minimum absolute atomic E-state index is 0.0000947. The SMILES string of the molecule is NS(=O)(=O)c1cc(NC(=O)Cc2ccccc2Cl)cc2nn(Cc3cnc(F)cn3)cc12. The van der Waals surface area contributed by atoms with Crippen molar-refractivity contribution in [2.45, 2.75) is 17.9 Å². The van der Waals surface area contributed by atoms with Gasteiger partial charge in [-0.15, -0.1) is 0 Å². The van der Waals surface area contributed by atoms with Crippen LogP contribution in [0.5, 0.6) is 0 Å². The molecular weight excluding hydrogens is 459 g/mol. The second-order valence-electron chi connectivity index (χ2n) is 6.93. The number of halogens is 2. The summed E-state index contributed by atoms with van der Waals surface area (Å²) in [7, 11) is -4.12. The number of sulfonamides is 1. The Bertz CT molecular complexity index is 1420. The topological polar surface area (TPSA) is 133 Å². The highest BCUT2D eigenvalue weighted by molar-refractivity contribution is 7.89. The first-order valence-corrected chi connectivity index (χ1v) is 11.1. The Morgan fingerprint density at radius 2 is 1.97 bits per heavy atom. The van der Waals surface area contributed by atoms with Gasteiger partial charge < -0.3 is 5.32 Å². The maximum Gasteiger partial charge on any atom is 0.238 e. The fourth-order valence-electron chi connectivity index (χ4n) is 3.14. The number of nitrogens with one attached hydrogen (secondary N) is 1. The van der Waals surface area contributed by atoms with Gasteiger partial charge in [0.05, 0.1) is 41.5 Å². The van der Waals surface area contributed by atoms with Crippen LogP contribution < -0.4 is 10.5 Å². The molecule has 0 aliphatic carbocycles. The van der Waals surface area contributed by atoms with E-state index in [1.54, 1.807) is 24.3 Å². The van der Waals surface area contributed by atoms with Crippen LogP contribution in [0.15, 0.2) is 59.9 Å². The molecule has 0 fully saturated rings.